The van der Waals surface area contributed by atoms with Crippen LogP contribution in [0.1, 0.15) is 30.0 Å². The quantitative estimate of drug-likeness (QED) is 0.272. The average molecular weight is 455 g/mol. The van der Waals surface area contributed by atoms with E-state index in [2.05, 4.69) is 140 Å². The van der Waals surface area contributed by atoms with Gasteiger partial charge in [-0.2, -0.15) is 4.57 Å². The largest absolute Gasteiger partial charge is 0.213 e. The minimum absolute atomic E-state index is 0.124. The second-order valence-corrected chi connectivity index (χ2v) is 10.2. The zero-order chi connectivity index (χ0) is 23.8. The standard InChI is InChI=1S/C34H32N/c1-25-12-6-8-17-31(25)33-23-28(27-13-4-3-5-14-27)19-21-35(33)24-29-15-7-9-18-32(29)34-20-11-10-16-30(34)22-26(34)2/h3-21,23,26,30H,22,24H2,1-2H3/q+1. The first-order valence-electron chi connectivity index (χ1n) is 12.8. The van der Waals surface area contributed by atoms with Gasteiger partial charge in [0.05, 0.1) is 0 Å². The number of benzene rings is 3. The van der Waals surface area contributed by atoms with E-state index in [4.69, 9.17) is 0 Å². The van der Waals surface area contributed by atoms with Crippen LogP contribution < -0.4 is 4.57 Å². The Bertz CT molecular complexity index is 1430. The van der Waals surface area contributed by atoms with Gasteiger partial charge < -0.3 is 0 Å². The van der Waals surface area contributed by atoms with Crippen LogP contribution in [0.25, 0.3) is 22.4 Å². The maximum atomic E-state index is 2.47. The Labute approximate surface area is 209 Å². The van der Waals surface area contributed by atoms with Crippen LogP contribution in [-0.2, 0) is 12.0 Å². The first kappa shape index (κ1) is 21.8. The fraction of sp³-hybridized carbons (Fsp3) is 0.206. The van der Waals surface area contributed by atoms with E-state index in [1.54, 1.807) is 0 Å². The van der Waals surface area contributed by atoms with E-state index < -0.39 is 0 Å². The molecule has 0 spiro atoms. The number of fused-ring (bicyclic) bond motifs is 1. The molecule has 3 unspecified atom stereocenters. The van der Waals surface area contributed by atoms with E-state index in [-0.39, 0.29) is 5.41 Å². The van der Waals surface area contributed by atoms with E-state index in [0.717, 1.165) is 6.54 Å². The van der Waals surface area contributed by atoms with Gasteiger partial charge >= 0.3 is 0 Å². The van der Waals surface area contributed by atoms with Crippen molar-refractivity contribution < 1.29 is 4.57 Å². The SMILES string of the molecule is Cc1ccccc1-c1cc(-c2ccccc2)cc[n+]1Cc1ccccc1C12C=CC=CC1CC2C. The first-order valence-corrected chi connectivity index (χ1v) is 12.8. The maximum Gasteiger partial charge on any atom is 0.213 e. The van der Waals surface area contributed by atoms with Crippen LogP contribution in [0.2, 0.25) is 0 Å². The third-order valence-electron chi connectivity index (χ3n) is 8.25. The fourth-order valence-electron chi connectivity index (χ4n) is 6.30. The van der Waals surface area contributed by atoms with E-state index in [0.29, 0.717) is 11.8 Å². The summed E-state index contributed by atoms with van der Waals surface area (Å²) in [6.07, 6.45) is 12.9. The third-order valence-corrected chi connectivity index (χ3v) is 8.25. The summed E-state index contributed by atoms with van der Waals surface area (Å²) < 4.78 is 2.44. The molecule has 3 aromatic carbocycles. The molecule has 0 bridgehead atoms. The fourth-order valence-corrected chi connectivity index (χ4v) is 6.30. The van der Waals surface area contributed by atoms with Crippen LogP contribution in [0.4, 0.5) is 0 Å². The highest BCUT2D eigenvalue weighted by molar-refractivity contribution is 5.70. The van der Waals surface area contributed by atoms with Crippen LogP contribution >= 0.6 is 0 Å². The Morgan fingerprint density at radius 3 is 2.40 bits per heavy atom. The number of hydrogen-bond acceptors (Lipinski definition) is 0. The molecule has 1 saturated carbocycles. The lowest BCUT2D eigenvalue weighted by Crippen LogP contribution is -2.51. The summed E-state index contributed by atoms with van der Waals surface area (Å²) in [7, 11) is 0. The van der Waals surface area contributed by atoms with Crippen molar-refractivity contribution >= 4 is 0 Å². The van der Waals surface area contributed by atoms with Crippen molar-refractivity contribution in [3.63, 3.8) is 0 Å². The number of allylic oxidation sites excluding steroid dienone is 4. The molecule has 6 rings (SSSR count). The lowest BCUT2D eigenvalue weighted by atomic mass is 9.49. The van der Waals surface area contributed by atoms with E-state index in [1.165, 1.54) is 45.5 Å². The van der Waals surface area contributed by atoms with Crippen LogP contribution in [0.5, 0.6) is 0 Å². The summed E-state index contributed by atoms with van der Waals surface area (Å²) in [6, 6.07) is 33.1. The van der Waals surface area contributed by atoms with Crippen LogP contribution in [0, 0.1) is 18.8 Å². The molecule has 35 heavy (non-hydrogen) atoms. The Hall–Kier alpha value is -3.71. The molecule has 1 fully saturated rings. The van der Waals surface area contributed by atoms with E-state index in [9.17, 15) is 0 Å². The number of hydrogen-bond donors (Lipinski definition) is 0. The first-order chi connectivity index (χ1) is 17.2. The van der Waals surface area contributed by atoms with Crippen LogP contribution in [-0.4, -0.2) is 0 Å². The lowest BCUT2D eigenvalue weighted by Gasteiger charge is -2.54. The number of rotatable bonds is 5. The molecular weight excluding hydrogens is 422 g/mol. The number of nitrogens with zero attached hydrogens (tertiary/aromatic N) is 1. The van der Waals surface area contributed by atoms with Gasteiger partial charge in [0.15, 0.2) is 12.7 Å². The summed E-state index contributed by atoms with van der Waals surface area (Å²) in [5.74, 6) is 1.25. The van der Waals surface area contributed by atoms with Gasteiger partial charge in [0.1, 0.15) is 0 Å². The zero-order valence-corrected chi connectivity index (χ0v) is 20.6. The van der Waals surface area contributed by atoms with Crippen LogP contribution in [0.3, 0.4) is 0 Å². The van der Waals surface area contributed by atoms with E-state index >= 15 is 0 Å². The predicted molar refractivity (Wildman–Crippen MR) is 145 cm³/mol. The van der Waals surface area contributed by atoms with Gasteiger partial charge in [-0.25, -0.2) is 0 Å². The van der Waals surface area contributed by atoms with Gasteiger partial charge in [-0.3, -0.25) is 0 Å². The predicted octanol–water partition coefficient (Wildman–Crippen LogP) is 7.68. The van der Waals surface area contributed by atoms with Gasteiger partial charge in [-0.05, 0) is 53.5 Å². The van der Waals surface area contributed by atoms with Crippen molar-refractivity contribution in [2.24, 2.45) is 11.8 Å². The Balaban J connectivity index is 1.47. The van der Waals surface area contributed by atoms with Crippen molar-refractivity contribution in [2.45, 2.75) is 32.2 Å². The molecule has 3 atom stereocenters. The number of aromatic nitrogens is 1. The van der Waals surface area contributed by atoms with Gasteiger partial charge in [-0.1, -0.05) is 104 Å². The highest BCUT2D eigenvalue weighted by Gasteiger charge is 2.52. The highest BCUT2D eigenvalue weighted by atomic mass is 15.0. The highest BCUT2D eigenvalue weighted by Crippen LogP contribution is 2.56. The summed E-state index contributed by atoms with van der Waals surface area (Å²) >= 11 is 0. The van der Waals surface area contributed by atoms with Crippen molar-refractivity contribution in [2.75, 3.05) is 0 Å². The molecule has 0 amide bonds. The lowest BCUT2D eigenvalue weighted by molar-refractivity contribution is -0.677. The average Bonchev–Trinajstić information content (AvgIpc) is 2.90. The molecule has 1 heterocycles. The molecular formula is C34H32N+. The molecule has 0 N–H and O–H groups in total. The van der Waals surface area contributed by atoms with Crippen molar-refractivity contribution in [1.82, 2.24) is 0 Å². The molecule has 0 radical (unpaired) electrons. The molecule has 2 aliphatic carbocycles. The summed E-state index contributed by atoms with van der Waals surface area (Å²) in [5.41, 5.74) is 9.37. The minimum atomic E-state index is 0.124. The Morgan fingerprint density at radius 2 is 1.60 bits per heavy atom. The molecule has 2 aliphatic rings. The normalized spacial score (nSPS) is 22.5. The van der Waals surface area contributed by atoms with Crippen molar-refractivity contribution in [3.8, 4) is 22.4 Å². The second-order valence-electron chi connectivity index (χ2n) is 10.2. The van der Waals surface area contributed by atoms with Crippen molar-refractivity contribution in [3.05, 3.63) is 138 Å². The molecule has 4 aromatic rings. The second kappa shape index (κ2) is 8.82. The van der Waals surface area contributed by atoms with E-state index in [1.807, 2.05) is 0 Å². The minimum Gasteiger partial charge on any atom is -0.194 e. The maximum absolute atomic E-state index is 2.47. The van der Waals surface area contributed by atoms with Crippen LogP contribution in [0.15, 0.2) is 121 Å². The molecule has 0 saturated heterocycles. The topological polar surface area (TPSA) is 3.88 Å². The molecule has 1 heteroatoms. The van der Waals surface area contributed by atoms with Gasteiger partial charge in [0, 0.05) is 28.7 Å². The van der Waals surface area contributed by atoms with Gasteiger partial charge in [0.25, 0.3) is 0 Å². The number of aryl methyl sites for hydroxylation is 1. The van der Waals surface area contributed by atoms with Crippen molar-refractivity contribution in [1.29, 1.82) is 0 Å². The van der Waals surface area contributed by atoms with Gasteiger partial charge in [0.2, 0.25) is 5.69 Å². The number of pyridine rings is 1. The molecule has 1 aromatic heterocycles. The third kappa shape index (κ3) is 3.67. The molecule has 172 valence electrons. The summed E-state index contributed by atoms with van der Waals surface area (Å²) in [5, 5.41) is 0. The summed E-state index contributed by atoms with van der Waals surface area (Å²) in [4.78, 5) is 0. The Morgan fingerprint density at radius 1 is 0.829 bits per heavy atom. The molecule has 0 aliphatic heterocycles. The smallest absolute Gasteiger partial charge is 0.194 e. The molecule has 1 nitrogen and oxygen atoms in total. The Kier molecular flexibility index (Phi) is 5.49. The zero-order valence-electron chi connectivity index (χ0n) is 20.6. The van der Waals surface area contributed by atoms with Gasteiger partial charge in [-0.15, -0.1) is 0 Å². The monoisotopic (exact) mass is 454 g/mol. The summed E-state index contributed by atoms with van der Waals surface area (Å²) in [6.45, 7) is 5.48.